The van der Waals surface area contributed by atoms with Crippen LogP contribution in [0.15, 0.2) is 24.3 Å². The molecule has 0 heterocycles. The minimum absolute atomic E-state index is 0.180. The van der Waals surface area contributed by atoms with Gasteiger partial charge >= 0.3 is 0 Å². The zero-order valence-electron chi connectivity index (χ0n) is 10.6. The summed E-state index contributed by atoms with van der Waals surface area (Å²) >= 11 is 2.34. The summed E-state index contributed by atoms with van der Waals surface area (Å²) in [7, 11) is 5.64. The first-order valence-corrected chi connectivity index (χ1v) is 6.70. The molecule has 17 heavy (non-hydrogen) atoms. The first-order valence-electron chi connectivity index (χ1n) is 5.63. The van der Waals surface area contributed by atoms with E-state index in [1.807, 2.05) is 13.1 Å². The number of halogens is 1. The standard InChI is InChI=1S/C13H19IN2O/c1-15(2)13(17)8-9-16(3)10-11-6-4-5-7-12(11)14/h4-7H,8-10H2,1-3H3. The Labute approximate surface area is 117 Å². The van der Waals surface area contributed by atoms with Crippen LogP contribution < -0.4 is 0 Å². The lowest BCUT2D eigenvalue weighted by atomic mass is 10.2. The average Bonchev–Trinajstić information content (AvgIpc) is 2.29. The molecule has 0 aliphatic carbocycles. The molecule has 0 saturated carbocycles. The molecule has 0 aromatic heterocycles. The normalized spacial score (nSPS) is 10.6. The SMILES string of the molecule is CN(CCC(=O)N(C)C)Cc1ccccc1I. The van der Waals surface area contributed by atoms with Crippen LogP contribution in [0.5, 0.6) is 0 Å². The number of amides is 1. The summed E-state index contributed by atoms with van der Waals surface area (Å²) in [6.45, 7) is 1.68. The molecule has 0 unspecified atom stereocenters. The highest BCUT2D eigenvalue weighted by molar-refractivity contribution is 14.1. The van der Waals surface area contributed by atoms with Gasteiger partial charge in [-0.2, -0.15) is 0 Å². The maximum absolute atomic E-state index is 11.5. The van der Waals surface area contributed by atoms with Gasteiger partial charge in [-0.25, -0.2) is 0 Å². The van der Waals surface area contributed by atoms with E-state index in [0.717, 1.165) is 13.1 Å². The lowest BCUT2D eigenvalue weighted by molar-refractivity contribution is -0.129. The minimum Gasteiger partial charge on any atom is -0.349 e. The Bertz CT molecular complexity index is 379. The Morgan fingerprint density at radius 1 is 1.24 bits per heavy atom. The van der Waals surface area contributed by atoms with Crippen LogP contribution in [0.3, 0.4) is 0 Å². The van der Waals surface area contributed by atoms with Gasteiger partial charge in [0.05, 0.1) is 0 Å². The van der Waals surface area contributed by atoms with Gasteiger partial charge in [0.25, 0.3) is 0 Å². The molecule has 1 rings (SSSR count). The van der Waals surface area contributed by atoms with E-state index in [4.69, 9.17) is 0 Å². The van der Waals surface area contributed by atoms with Crippen LogP contribution in [0.2, 0.25) is 0 Å². The van der Waals surface area contributed by atoms with E-state index in [-0.39, 0.29) is 5.91 Å². The summed E-state index contributed by atoms with van der Waals surface area (Å²) < 4.78 is 1.27. The Morgan fingerprint density at radius 3 is 2.47 bits per heavy atom. The summed E-state index contributed by atoms with van der Waals surface area (Å²) in [6, 6.07) is 8.33. The molecule has 0 atom stereocenters. The predicted octanol–water partition coefficient (Wildman–Crippen LogP) is 2.20. The van der Waals surface area contributed by atoms with Gasteiger partial charge in [0.15, 0.2) is 0 Å². The Morgan fingerprint density at radius 2 is 1.88 bits per heavy atom. The smallest absolute Gasteiger partial charge is 0.223 e. The molecule has 3 nitrogen and oxygen atoms in total. The fourth-order valence-electron chi connectivity index (χ4n) is 1.51. The maximum atomic E-state index is 11.5. The highest BCUT2D eigenvalue weighted by Gasteiger charge is 2.07. The summed E-state index contributed by atoms with van der Waals surface area (Å²) in [5.41, 5.74) is 1.31. The first kappa shape index (κ1) is 14.4. The molecule has 1 aromatic carbocycles. The summed E-state index contributed by atoms with van der Waals surface area (Å²) in [4.78, 5) is 15.3. The van der Waals surface area contributed by atoms with Crippen molar-refractivity contribution in [1.29, 1.82) is 0 Å². The van der Waals surface area contributed by atoms with E-state index < -0.39 is 0 Å². The fraction of sp³-hybridized carbons (Fsp3) is 0.462. The molecule has 0 bridgehead atoms. The summed E-state index contributed by atoms with van der Waals surface area (Å²) in [5, 5.41) is 0. The molecule has 0 spiro atoms. The minimum atomic E-state index is 0.180. The van der Waals surface area contributed by atoms with Crippen LogP contribution in [0, 0.1) is 3.57 Å². The van der Waals surface area contributed by atoms with Crippen molar-refractivity contribution < 1.29 is 4.79 Å². The van der Waals surface area contributed by atoms with E-state index >= 15 is 0 Å². The lowest BCUT2D eigenvalue weighted by Gasteiger charge is -2.18. The molecule has 4 heteroatoms. The predicted molar refractivity (Wildman–Crippen MR) is 78.8 cm³/mol. The molecule has 0 fully saturated rings. The lowest BCUT2D eigenvalue weighted by Crippen LogP contribution is -2.28. The van der Waals surface area contributed by atoms with Crippen LogP contribution in [-0.2, 0) is 11.3 Å². The maximum Gasteiger partial charge on any atom is 0.223 e. The third kappa shape index (κ3) is 5.04. The molecular formula is C13H19IN2O. The van der Waals surface area contributed by atoms with E-state index in [2.05, 4.69) is 45.7 Å². The quantitative estimate of drug-likeness (QED) is 0.764. The Kier molecular flexibility index (Phi) is 5.91. The number of nitrogens with zero attached hydrogens (tertiary/aromatic N) is 2. The highest BCUT2D eigenvalue weighted by atomic mass is 127. The molecule has 1 aromatic rings. The monoisotopic (exact) mass is 346 g/mol. The number of carbonyl (C=O) groups is 1. The second-order valence-electron chi connectivity index (χ2n) is 4.37. The van der Waals surface area contributed by atoms with Crippen molar-refractivity contribution in [2.24, 2.45) is 0 Å². The van der Waals surface area contributed by atoms with Crippen molar-refractivity contribution in [3.63, 3.8) is 0 Å². The number of benzene rings is 1. The van der Waals surface area contributed by atoms with Crippen molar-refractivity contribution in [2.75, 3.05) is 27.7 Å². The second-order valence-corrected chi connectivity index (χ2v) is 5.53. The van der Waals surface area contributed by atoms with Crippen molar-refractivity contribution in [1.82, 2.24) is 9.80 Å². The van der Waals surface area contributed by atoms with Crippen LogP contribution in [-0.4, -0.2) is 43.4 Å². The Balaban J connectivity index is 2.43. The van der Waals surface area contributed by atoms with Gasteiger partial charge in [-0.3, -0.25) is 4.79 Å². The third-order valence-electron chi connectivity index (χ3n) is 2.60. The average molecular weight is 346 g/mol. The summed E-state index contributed by atoms with van der Waals surface area (Å²) in [6.07, 6.45) is 0.576. The fourth-order valence-corrected chi connectivity index (χ4v) is 2.06. The molecule has 0 N–H and O–H groups in total. The van der Waals surface area contributed by atoms with E-state index in [0.29, 0.717) is 6.42 Å². The topological polar surface area (TPSA) is 23.6 Å². The second kappa shape index (κ2) is 6.96. The van der Waals surface area contributed by atoms with Crippen molar-refractivity contribution >= 4 is 28.5 Å². The highest BCUT2D eigenvalue weighted by Crippen LogP contribution is 2.13. The van der Waals surface area contributed by atoms with E-state index in [9.17, 15) is 4.79 Å². The van der Waals surface area contributed by atoms with Crippen LogP contribution in [0.25, 0.3) is 0 Å². The Hall–Kier alpha value is -0.620. The summed E-state index contributed by atoms with van der Waals surface area (Å²) in [5.74, 6) is 0.180. The van der Waals surface area contributed by atoms with Crippen molar-refractivity contribution in [2.45, 2.75) is 13.0 Å². The molecule has 1 amide bonds. The van der Waals surface area contributed by atoms with Crippen LogP contribution in [0.4, 0.5) is 0 Å². The van der Waals surface area contributed by atoms with Gasteiger partial charge in [-0.1, -0.05) is 18.2 Å². The van der Waals surface area contributed by atoms with Gasteiger partial charge in [0, 0.05) is 37.2 Å². The molecular weight excluding hydrogens is 327 g/mol. The van der Waals surface area contributed by atoms with Gasteiger partial charge in [0.1, 0.15) is 0 Å². The van der Waals surface area contributed by atoms with Gasteiger partial charge < -0.3 is 9.80 Å². The van der Waals surface area contributed by atoms with Crippen molar-refractivity contribution in [3.8, 4) is 0 Å². The molecule has 94 valence electrons. The zero-order chi connectivity index (χ0) is 12.8. The number of hydrogen-bond donors (Lipinski definition) is 0. The molecule has 0 aliphatic rings. The zero-order valence-corrected chi connectivity index (χ0v) is 12.8. The van der Waals surface area contributed by atoms with Crippen molar-refractivity contribution in [3.05, 3.63) is 33.4 Å². The van der Waals surface area contributed by atoms with Crippen LogP contribution in [0.1, 0.15) is 12.0 Å². The number of rotatable bonds is 5. The van der Waals surface area contributed by atoms with E-state index in [1.165, 1.54) is 9.13 Å². The van der Waals surface area contributed by atoms with Gasteiger partial charge in [0.2, 0.25) is 5.91 Å². The largest absolute Gasteiger partial charge is 0.349 e. The van der Waals surface area contributed by atoms with Gasteiger partial charge in [-0.05, 0) is 41.3 Å². The molecule has 0 saturated heterocycles. The third-order valence-corrected chi connectivity index (χ3v) is 3.66. The number of hydrogen-bond acceptors (Lipinski definition) is 2. The number of carbonyl (C=O) groups excluding carboxylic acids is 1. The van der Waals surface area contributed by atoms with E-state index in [1.54, 1.807) is 19.0 Å². The molecule has 0 aliphatic heterocycles. The van der Waals surface area contributed by atoms with Crippen LogP contribution >= 0.6 is 22.6 Å². The van der Waals surface area contributed by atoms with Gasteiger partial charge in [-0.15, -0.1) is 0 Å². The molecule has 0 radical (unpaired) electrons. The first-order chi connectivity index (χ1) is 8.00.